The molecule has 0 atom stereocenters. The standard InChI is InChI=1S/C25H23Cl3N4O2S.ClH/c26-16-11-18(27)23(19(28)12-16)25(34)31-9-6-15(7-10-31)3-2-8-29-24(33)20-13-17-14-30-21-4-1-5-22(35-20)32(17)21;/h1,4-5,11-15H,2-3,6-10H2,(H,29,33);1H. The third kappa shape index (κ3) is 5.65. The molecule has 1 saturated heterocycles. The van der Waals surface area contributed by atoms with E-state index in [0.29, 0.717) is 41.0 Å². The van der Waals surface area contributed by atoms with Gasteiger partial charge in [0.2, 0.25) is 0 Å². The SMILES string of the molecule is Cl.O=C(NCCCC1CCN(C(=O)c2c(Cl)cc(Cl)cc2Cl)CC1)C1=Cc2cnc3cccc(n23)S1. The second-order valence-electron chi connectivity index (χ2n) is 8.73. The van der Waals surface area contributed by atoms with E-state index in [2.05, 4.69) is 10.3 Å². The summed E-state index contributed by atoms with van der Waals surface area (Å²) in [7, 11) is 0. The summed E-state index contributed by atoms with van der Waals surface area (Å²) in [6, 6.07) is 8.98. The lowest BCUT2D eigenvalue weighted by molar-refractivity contribution is -0.116. The minimum Gasteiger partial charge on any atom is -0.352 e. The van der Waals surface area contributed by atoms with E-state index in [4.69, 9.17) is 34.8 Å². The van der Waals surface area contributed by atoms with E-state index in [1.807, 2.05) is 28.7 Å². The van der Waals surface area contributed by atoms with Crippen molar-refractivity contribution >= 4 is 82.5 Å². The molecular formula is C25H24Cl4N4O2S. The van der Waals surface area contributed by atoms with E-state index in [9.17, 15) is 9.59 Å². The molecule has 0 saturated carbocycles. The number of rotatable bonds is 6. The van der Waals surface area contributed by atoms with Crippen molar-refractivity contribution < 1.29 is 9.59 Å². The first-order chi connectivity index (χ1) is 16.9. The number of halogens is 4. The van der Waals surface area contributed by atoms with Gasteiger partial charge in [0.15, 0.2) is 0 Å². The number of hydrogen-bond donors (Lipinski definition) is 1. The summed E-state index contributed by atoms with van der Waals surface area (Å²) in [5.41, 5.74) is 2.11. The quantitative estimate of drug-likeness (QED) is 0.330. The maximum absolute atomic E-state index is 12.9. The van der Waals surface area contributed by atoms with Gasteiger partial charge >= 0.3 is 0 Å². The van der Waals surface area contributed by atoms with Gasteiger partial charge in [0.05, 0.1) is 37.4 Å². The number of amides is 2. The highest BCUT2D eigenvalue weighted by Crippen LogP contribution is 2.34. The number of nitrogens with one attached hydrogen (secondary N) is 1. The number of carbonyl (C=O) groups is 2. The molecule has 2 aliphatic rings. The first kappa shape index (κ1) is 27.1. The Morgan fingerprint density at radius 3 is 2.56 bits per heavy atom. The van der Waals surface area contributed by atoms with Crippen LogP contribution in [0.3, 0.4) is 0 Å². The van der Waals surface area contributed by atoms with Gasteiger partial charge < -0.3 is 10.2 Å². The highest BCUT2D eigenvalue weighted by Gasteiger charge is 2.27. The Morgan fingerprint density at radius 1 is 1.11 bits per heavy atom. The van der Waals surface area contributed by atoms with E-state index in [0.717, 1.165) is 42.1 Å². The number of pyridine rings is 1. The normalized spacial score (nSPS) is 15.4. The zero-order valence-electron chi connectivity index (χ0n) is 19.2. The van der Waals surface area contributed by atoms with Crippen LogP contribution in [-0.4, -0.2) is 45.7 Å². The van der Waals surface area contributed by atoms with E-state index < -0.39 is 0 Å². The molecule has 11 heteroatoms. The monoisotopic (exact) mass is 584 g/mol. The van der Waals surface area contributed by atoms with Crippen LogP contribution < -0.4 is 5.32 Å². The largest absolute Gasteiger partial charge is 0.352 e. The minimum atomic E-state index is -0.155. The highest BCUT2D eigenvalue weighted by molar-refractivity contribution is 8.04. The molecule has 1 N–H and O–H groups in total. The molecule has 2 aliphatic heterocycles. The third-order valence-corrected chi connectivity index (χ3v) is 8.30. The fraction of sp³-hybridized carbons (Fsp3) is 0.320. The number of hydrogen-bond acceptors (Lipinski definition) is 4. The number of piperidine rings is 1. The van der Waals surface area contributed by atoms with Gasteiger partial charge in [0.1, 0.15) is 5.65 Å². The Labute approximate surface area is 234 Å². The predicted octanol–water partition coefficient (Wildman–Crippen LogP) is 6.61. The van der Waals surface area contributed by atoms with Gasteiger partial charge in [0.25, 0.3) is 11.8 Å². The molecule has 0 radical (unpaired) electrons. The molecule has 2 amide bonds. The van der Waals surface area contributed by atoms with E-state index in [1.165, 1.54) is 11.8 Å². The van der Waals surface area contributed by atoms with E-state index >= 15 is 0 Å². The number of imidazole rings is 1. The lowest BCUT2D eigenvalue weighted by Crippen LogP contribution is -2.39. The lowest BCUT2D eigenvalue weighted by Gasteiger charge is -2.32. The van der Waals surface area contributed by atoms with Crippen LogP contribution in [0.2, 0.25) is 15.1 Å². The molecule has 0 bridgehead atoms. The summed E-state index contributed by atoms with van der Waals surface area (Å²) in [5.74, 6) is 0.302. The summed E-state index contributed by atoms with van der Waals surface area (Å²) >= 11 is 19.9. The maximum Gasteiger partial charge on any atom is 0.258 e. The zero-order chi connectivity index (χ0) is 24.5. The average molecular weight is 586 g/mol. The number of likely N-dealkylation sites (tertiary alicyclic amines) is 1. The Kier molecular flexibility index (Phi) is 8.79. The fourth-order valence-electron chi connectivity index (χ4n) is 4.61. The van der Waals surface area contributed by atoms with Crippen molar-refractivity contribution in [3.8, 4) is 0 Å². The zero-order valence-corrected chi connectivity index (χ0v) is 23.1. The first-order valence-electron chi connectivity index (χ1n) is 11.5. The van der Waals surface area contributed by atoms with Gasteiger partial charge in [-0.05, 0) is 61.9 Å². The molecule has 5 rings (SSSR count). The topological polar surface area (TPSA) is 66.7 Å². The maximum atomic E-state index is 12.9. The van der Waals surface area contributed by atoms with Gasteiger partial charge in [-0.1, -0.05) is 52.6 Å². The van der Waals surface area contributed by atoms with Crippen molar-refractivity contribution in [1.29, 1.82) is 0 Å². The lowest BCUT2D eigenvalue weighted by atomic mass is 9.92. The van der Waals surface area contributed by atoms with Crippen LogP contribution in [0.1, 0.15) is 41.7 Å². The van der Waals surface area contributed by atoms with Crippen molar-refractivity contribution in [1.82, 2.24) is 19.6 Å². The van der Waals surface area contributed by atoms with Crippen LogP contribution in [0, 0.1) is 5.92 Å². The smallest absolute Gasteiger partial charge is 0.258 e. The molecule has 3 aromatic rings. The molecule has 36 heavy (non-hydrogen) atoms. The fourth-order valence-corrected chi connectivity index (χ4v) is 6.59. The minimum absolute atomic E-state index is 0. The van der Waals surface area contributed by atoms with Crippen LogP contribution in [0.4, 0.5) is 0 Å². The summed E-state index contributed by atoms with van der Waals surface area (Å²) in [6.45, 7) is 1.94. The number of aromatic nitrogens is 2. The summed E-state index contributed by atoms with van der Waals surface area (Å²) in [4.78, 5) is 32.5. The van der Waals surface area contributed by atoms with Crippen molar-refractivity contribution in [2.24, 2.45) is 5.92 Å². The first-order valence-corrected chi connectivity index (χ1v) is 13.4. The molecule has 1 fully saturated rings. The molecule has 6 nitrogen and oxygen atoms in total. The van der Waals surface area contributed by atoms with Gasteiger partial charge in [-0.15, -0.1) is 12.4 Å². The number of nitrogens with zero attached hydrogens (tertiary/aromatic N) is 3. The van der Waals surface area contributed by atoms with Gasteiger partial charge in [0, 0.05) is 24.7 Å². The molecule has 4 heterocycles. The Balaban J connectivity index is 0.00000304. The van der Waals surface area contributed by atoms with Crippen LogP contribution in [-0.2, 0) is 4.79 Å². The molecule has 0 spiro atoms. The number of thioether (sulfide) groups is 1. The predicted molar refractivity (Wildman–Crippen MR) is 149 cm³/mol. The Morgan fingerprint density at radius 2 is 1.83 bits per heavy atom. The average Bonchev–Trinajstić information content (AvgIpc) is 3.26. The van der Waals surface area contributed by atoms with Crippen molar-refractivity contribution in [2.45, 2.75) is 30.7 Å². The summed E-state index contributed by atoms with van der Waals surface area (Å²) in [6.07, 6.45) is 7.40. The molecular weight excluding hydrogens is 562 g/mol. The highest BCUT2D eigenvalue weighted by atomic mass is 35.5. The molecule has 1 aromatic carbocycles. The summed E-state index contributed by atoms with van der Waals surface area (Å²) in [5, 5.41) is 5.00. The number of carbonyl (C=O) groups excluding carboxylic acids is 2. The second-order valence-corrected chi connectivity index (χ2v) is 11.0. The van der Waals surface area contributed by atoms with Crippen molar-refractivity contribution in [3.05, 3.63) is 67.8 Å². The summed E-state index contributed by atoms with van der Waals surface area (Å²) < 4.78 is 2.05. The van der Waals surface area contributed by atoms with Crippen molar-refractivity contribution in [2.75, 3.05) is 19.6 Å². The molecule has 0 aliphatic carbocycles. The van der Waals surface area contributed by atoms with Gasteiger partial charge in [-0.3, -0.25) is 14.0 Å². The molecule has 190 valence electrons. The molecule has 0 unspecified atom stereocenters. The Bertz CT molecular complexity index is 1310. The van der Waals surface area contributed by atoms with Crippen LogP contribution in [0.5, 0.6) is 0 Å². The van der Waals surface area contributed by atoms with Crippen LogP contribution in [0.15, 0.2) is 46.5 Å². The second kappa shape index (κ2) is 11.7. The van der Waals surface area contributed by atoms with E-state index in [-0.39, 0.29) is 34.3 Å². The third-order valence-electron chi connectivity index (χ3n) is 6.44. The van der Waals surface area contributed by atoms with Crippen LogP contribution >= 0.6 is 59.0 Å². The number of benzene rings is 1. The molecule has 2 aromatic heterocycles. The van der Waals surface area contributed by atoms with Gasteiger partial charge in [-0.25, -0.2) is 4.98 Å². The van der Waals surface area contributed by atoms with Crippen LogP contribution in [0.25, 0.3) is 11.7 Å². The Hall–Kier alpha value is -1.90. The van der Waals surface area contributed by atoms with Gasteiger partial charge in [-0.2, -0.15) is 0 Å². The van der Waals surface area contributed by atoms with E-state index in [1.54, 1.807) is 23.2 Å². The van der Waals surface area contributed by atoms with Crippen molar-refractivity contribution in [3.63, 3.8) is 0 Å².